The molecular weight excluding hydrogens is 262 g/mol. The summed E-state index contributed by atoms with van der Waals surface area (Å²) in [6.07, 6.45) is 1.14. The fourth-order valence-corrected chi connectivity index (χ4v) is 2.19. The maximum absolute atomic E-state index is 12.3. The van der Waals surface area contributed by atoms with E-state index in [1.54, 1.807) is 20.8 Å². The summed E-state index contributed by atoms with van der Waals surface area (Å²) in [7, 11) is 0. The van der Waals surface area contributed by atoms with Crippen LogP contribution in [0.1, 0.15) is 36.4 Å². The van der Waals surface area contributed by atoms with Gasteiger partial charge in [0, 0.05) is 6.04 Å². The van der Waals surface area contributed by atoms with Crippen molar-refractivity contribution in [1.29, 1.82) is 0 Å². The van der Waals surface area contributed by atoms with E-state index in [9.17, 15) is 14.7 Å². The van der Waals surface area contributed by atoms with E-state index in [2.05, 4.69) is 15.3 Å². The number of fused-ring (bicyclic) bond motifs is 1. The SMILES string of the molecule is Cc1oc2nc[nH]c(=O)c2c1C(=O)NC(C)CC(C)O. The van der Waals surface area contributed by atoms with E-state index in [-0.39, 0.29) is 22.7 Å². The number of nitrogens with zero attached hydrogens (tertiary/aromatic N) is 1. The number of aliphatic hydroxyl groups is 1. The third-order valence-corrected chi connectivity index (χ3v) is 2.97. The van der Waals surface area contributed by atoms with Crippen molar-refractivity contribution in [3.05, 3.63) is 28.0 Å². The van der Waals surface area contributed by atoms with E-state index in [4.69, 9.17) is 4.42 Å². The van der Waals surface area contributed by atoms with Crippen molar-refractivity contribution in [2.45, 2.75) is 39.3 Å². The summed E-state index contributed by atoms with van der Waals surface area (Å²) in [4.78, 5) is 30.4. The predicted molar refractivity (Wildman–Crippen MR) is 72.6 cm³/mol. The summed E-state index contributed by atoms with van der Waals surface area (Å²) in [6.45, 7) is 5.04. The van der Waals surface area contributed by atoms with Gasteiger partial charge in [0.2, 0.25) is 5.71 Å². The number of aromatic amines is 1. The van der Waals surface area contributed by atoms with Crippen molar-refractivity contribution < 1.29 is 14.3 Å². The van der Waals surface area contributed by atoms with Crippen LogP contribution in [0.2, 0.25) is 0 Å². The molecule has 2 rings (SSSR count). The van der Waals surface area contributed by atoms with E-state index in [1.165, 1.54) is 6.33 Å². The van der Waals surface area contributed by atoms with Crippen LogP contribution in [0.25, 0.3) is 11.1 Å². The second kappa shape index (κ2) is 5.46. The number of aromatic nitrogens is 2. The van der Waals surface area contributed by atoms with E-state index >= 15 is 0 Å². The van der Waals surface area contributed by atoms with E-state index in [1.807, 2.05) is 0 Å². The Hall–Kier alpha value is -2.15. The molecule has 0 radical (unpaired) electrons. The lowest BCUT2D eigenvalue weighted by Crippen LogP contribution is -2.35. The summed E-state index contributed by atoms with van der Waals surface area (Å²) in [6, 6.07) is -0.220. The molecule has 0 aliphatic rings. The van der Waals surface area contributed by atoms with Gasteiger partial charge in [0.05, 0.1) is 18.0 Å². The van der Waals surface area contributed by atoms with Gasteiger partial charge in [-0.25, -0.2) is 4.98 Å². The van der Waals surface area contributed by atoms with Crippen LogP contribution in [0.4, 0.5) is 0 Å². The molecule has 2 unspecified atom stereocenters. The Labute approximate surface area is 115 Å². The quantitative estimate of drug-likeness (QED) is 0.764. The third kappa shape index (κ3) is 2.72. The zero-order valence-electron chi connectivity index (χ0n) is 11.6. The van der Waals surface area contributed by atoms with Gasteiger partial charge < -0.3 is 19.8 Å². The first-order valence-electron chi connectivity index (χ1n) is 6.36. The molecular formula is C13H17N3O4. The molecule has 2 atom stereocenters. The number of hydrogen-bond donors (Lipinski definition) is 3. The van der Waals surface area contributed by atoms with Crippen LogP contribution in [-0.2, 0) is 0 Å². The van der Waals surface area contributed by atoms with Gasteiger partial charge in [-0.2, -0.15) is 0 Å². The average Bonchev–Trinajstić information content (AvgIpc) is 2.65. The lowest BCUT2D eigenvalue weighted by molar-refractivity contribution is 0.0923. The van der Waals surface area contributed by atoms with Crippen LogP contribution in [0, 0.1) is 6.92 Å². The molecule has 0 aliphatic heterocycles. The second-order valence-electron chi connectivity index (χ2n) is 4.90. The largest absolute Gasteiger partial charge is 0.442 e. The predicted octanol–water partition coefficient (Wildman–Crippen LogP) is 0.714. The lowest BCUT2D eigenvalue weighted by Gasteiger charge is -2.15. The van der Waals surface area contributed by atoms with Crippen LogP contribution >= 0.6 is 0 Å². The number of H-pyrrole nitrogens is 1. The molecule has 2 aromatic rings. The average molecular weight is 279 g/mol. The van der Waals surface area contributed by atoms with Gasteiger partial charge in [0.25, 0.3) is 11.5 Å². The maximum atomic E-state index is 12.3. The molecule has 7 heteroatoms. The summed E-state index contributed by atoms with van der Waals surface area (Å²) in [5.74, 6) is -0.0705. The minimum absolute atomic E-state index is 0.138. The fraction of sp³-hybridized carbons (Fsp3) is 0.462. The van der Waals surface area contributed by atoms with Gasteiger partial charge in [-0.1, -0.05) is 0 Å². The molecule has 2 aromatic heterocycles. The van der Waals surface area contributed by atoms with Gasteiger partial charge in [-0.3, -0.25) is 9.59 Å². The van der Waals surface area contributed by atoms with Crippen LogP contribution in [0.15, 0.2) is 15.5 Å². The van der Waals surface area contributed by atoms with E-state index in [0.29, 0.717) is 12.2 Å². The molecule has 3 N–H and O–H groups in total. The highest BCUT2D eigenvalue weighted by molar-refractivity contribution is 6.06. The van der Waals surface area contributed by atoms with Crippen molar-refractivity contribution in [2.24, 2.45) is 0 Å². The Morgan fingerprint density at radius 2 is 2.25 bits per heavy atom. The zero-order chi connectivity index (χ0) is 14.9. The standard InChI is InChI=1S/C13H17N3O4/c1-6(4-7(2)17)16-12(19)9-8(3)20-13-10(9)11(18)14-5-15-13/h5-7,17H,4H2,1-3H3,(H,16,19)(H,14,15,18). The number of carbonyl (C=O) groups is 1. The smallest absolute Gasteiger partial charge is 0.262 e. The van der Waals surface area contributed by atoms with Gasteiger partial charge >= 0.3 is 0 Å². The third-order valence-electron chi connectivity index (χ3n) is 2.97. The van der Waals surface area contributed by atoms with Gasteiger partial charge in [0.1, 0.15) is 11.1 Å². The number of furan rings is 1. The summed E-state index contributed by atoms with van der Waals surface area (Å²) < 4.78 is 5.32. The molecule has 0 saturated carbocycles. The molecule has 0 bridgehead atoms. The summed E-state index contributed by atoms with van der Waals surface area (Å²) in [5.41, 5.74) is -0.0912. The first-order valence-corrected chi connectivity index (χ1v) is 6.36. The molecule has 7 nitrogen and oxygen atoms in total. The zero-order valence-corrected chi connectivity index (χ0v) is 11.6. The van der Waals surface area contributed by atoms with Gasteiger partial charge in [-0.15, -0.1) is 0 Å². The topological polar surface area (TPSA) is 108 Å². The summed E-state index contributed by atoms with van der Waals surface area (Å²) >= 11 is 0. The summed E-state index contributed by atoms with van der Waals surface area (Å²) in [5, 5.41) is 12.2. The number of rotatable bonds is 4. The first kappa shape index (κ1) is 14.3. The molecule has 0 aliphatic carbocycles. The van der Waals surface area contributed by atoms with Crippen molar-refractivity contribution in [3.63, 3.8) is 0 Å². The highest BCUT2D eigenvalue weighted by Gasteiger charge is 2.22. The van der Waals surface area contributed by atoms with Crippen molar-refractivity contribution in [3.8, 4) is 0 Å². The van der Waals surface area contributed by atoms with Gasteiger partial charge in [0.15, 0.2) is 0 Å². The molecule has 0 spiro atoms. The Bertz CT molecular complexity index is 686. The monoisotopic (exact) mass is 279 g/mol. The minimum atomic E-state index is -0.516. The second-order valence-corrected chi connectivity index (χ2v) is 4.90. The van der Waals surface area contributed by atoms with E-state index in [0.717, 1.165) is 0 Å². The van der Waals surface area contributed by atoms with Crippen molar-refractivity contribution in [1.82, 2.24) is 15.3 Å². The van der Waals surface area contributed by atoms with Crippen LogP contribution in [-0.4, -0.2) is 33.1 Å². The minimum Gasteiger partial charge on any atom is -0.442 e. The van der Waals surface area contributed by atoms with E-state index < -0.39 is 17.6 Å². The maximum Gasteiger partial charge on any atom is 0.262 e. The van der Waals surface area contributed by atoms with Crippen LogP contribution < -0.4 is 10.9 Å². The number of aliphatic hydroxyl groups excluding tert-OH is 1. The number of aryl methyl sites for hydroxylation is 1. The fourth-order valence-electron chi connectivity index (χ4n) is 2.19. The Kier molecular flexibility index (Phi) is 3.89. The molecule has 108 valence electrons. The molecule has 0 aromatic carbocycles. The normalized spacial score (nSPS) is 14.2. The molecule has 0 fully saturated rings. The molecule has 0 saturated heterocycles. The first-order chi connectivity index (χ1) is 9.40. The Balaban J connectivity index is 2.35. The van der Waals surface area contributed by atoms with Crippen LogP contribution in [0.5, 0.6) is 0 Å². The number of hydrogen-bond acceptors (Lipinski definition) is 5. The number of carbonyl (C=O) groups excluding carboxylic acids is 1. The van der Waals surface area contributed by atoms with Gasteiger partial charge in [-0.05, 0) is 27.2 Å². The number of amides is 1. The molecule has 2 heterocycles. The molecule has 1 amide bonds. The number of nitrogens with one attached hydrogen (secondary N) is 2. The highest BCUT2D eigenvalue weighted by atomic mass is 16.3. The lowest BCUT2D eigenvalue weighted by atomic mass is 10.1. The Morgan fingerprint density at radius 3 is 2.90 bits per heavy atom. The Morgan fingerprint density at radius 1 is 1.55 bits per heavy atom. The highest BCUT2D eigenvalue weighted by Crippen LogP contribution is 2.20. The molecule has 20 heavy (non-hydrogen) atoms. The van der Waals surface area contributed by atoms with Crippen LogP contribution in [0.3, 0.4) is 0 Å². The van der Waals surface area contributed by atoms with Crippen molar-refractivity contribution in [2.75, 3.05) is 0 Å². The van der Waals surface area contributed by atoms with Crippen molar-refractivity contribution >= 4 is 17.0 Å².